The first kappa shape index (κ1) is 17.4. The molecule has 136 valence electrons. The quantitative estimate of drug-likeness (QED) is 0.833. The van der Waals surface area contributed by atoms with Crippen molar-refractivity contribution in [3.05, 3.63) is 11.9 Å². The fourth-order valence-electron chi connectivity index (χ4n) is 3.50. The maximum Gasteiger partial charge on any atom is 0.358 e. The molecule has 0 spiro atoms. The lowest BCUT2D eigenvalue weighted by molar-refractivity contribution is -0.143. The second kappa shape index (κ2) is 7.62. The molecular weight excluding hydrogens is 326 g/mol. The number of carboxylic acid groups (broad SMARTS) is 1. The minimum Gasteiger partial charge on any atom is -0.476 e. The minimum atomic E-state index is -1.17. The van der Waals surface area contributed by atoms with Crippen LogP contribution in [0.1, 0.15) is 42.6 Å². The first-order chi connectivity index (χ1) is 12.0. The summed E-state index contributed by atoms with van der Waals surface area (Å²) in [5.74, 6) is -0.935. The Morgan fingerprint density at radius 1 is 1.04 bits per heavy atom. The Bertz CT molecular complexity index is 645. The molecule has 9 nitrogen and oxygen atoms in total. The first-order valence-corrected chi connectivity index (χ1v) is 8.74. The van der Waals surface area contributed by atoms with Crippen LogP contribution in [-0.4, -0.2) is 73.9 Å². The molecule has 2 aliphatic rings. The van der Waals surface area contributed by atoms with Crippen molar-refractivity contribution in [1.29, 1.82) is 0 Å². The van der Waals surface area contributed by atoms with Crippen LogP contribution in [0.3, 0.4) is 0 Å². The highest BCUT2D eigenvalue weighted by molar-refractivity contribution is 5.85. The molecule has 0 unspecified atom stereocenters. The molecular formula is C16H23N5O4. The summed E-state index contributed by atoms with van der Waals surface area (Å²) in [4.78, 5) is 39.2. The first-order valence-electron chi connectivity index (χ1n) is 8.74. The van der Waals surface area contributed by atoms with Crippen LogP contribution >= 0.6 is 0 Å². The molecule has 1 N–H and O–H groups in total. The Morgan fingerprint density at radius 3 is 2.28 bits per heavy atom. The van der Waals surface area contributed by atoms with Crippen LogP contribution < -0.4 is 0 Å². The predicted molar refractivity (Wildman–Crippen MR) is 86.7 cm³/mol. The van der Waals surface area contributed by atoms with Gasteiger partial charge in [0.1, 0.15) is 6.54 Å². The van der Waals surface area contributed by atoms with Gasteiger partial charge in [-0.25, -0.2) is 9.48 Å². The van der Waals surface area contributed by atoms with Gasteiger partial charge in [0.15, 0.2) is 5.69 Å². The number of aromatic nitrogens is 3. The summed E-state index contributed by atoms with van der Waals surface area (Å²) in [6.07, 6.45) is 6.68. The normalized spacial score (nSPS) is 19.0. The molecule has 1 saturated heterocycles. The fraction of sp³-hybridized carbons (Fsp3) is 0.688. The highest BCUT2D eigenvalue weighted by Crippen LogP contribution is 2.25. The Hall–Kier alpha value is -2.45. The monoisotopic (exact) mass is 349 g/mol. The van der Waals surface area contributed by atoms with Gasteiger partial charge in [0, 0.05) is 32.1 Å². The van der Waals surface area contributed by atoms with Gasteiger partial charge in [0.05, 0.1) is 6.20 Å². The molecule has 0 aromatic carbocycles. The third-order valence-electron chi connectivity index (χ3n) is 4.95. The summed E-state index contributed by atoms with van der Waals surface area (Å²) in [5.41, 5.74) is -0.185. The van der Waals surface area contributed by atoms with Crippen LogP contribution in [0.4, 0.5) is 0 Å². The number of hydrogen-bond donors (Lipinski definition) is 1. The number of carboxylic acids is 1. The van der Waals surface area contributed by atoms with E-state index in [0.29, 0.717) is 26.2 Å². The van der Waals surface area contributed by atoms with Crippen LogP contribution in [-0.2, 0) is 16.1 Å². The van der Waals surface area contributed by atoms with Crippen molar-refractivity contribution < 1.29 is 19.5 Å². The number of piperazine rings is 1. The largest absolute Gasteiger partial charge is 0.476 e. The van der Waals surface area contributed by atoms with E-state index in [2.05, 4.69) is 10.3 Å². The molecule has 2 fully saturated rings. The second-order valence-corrected chi connectivity index (χ2v) is 6.65. The fourth-order valence-corrected chi connectivity index (χ4v) is 3.50. The second-order valence-electron chi connectivity index (χ2n) is 6.65. The summed E-state index contributed by atoms with van der Waals surface area (Å²) in [7, 11) is 0. The molecule has 9 heteroatoms. The lowest BCUT2D eigenvalue weighted by Gasteiger charge is -2.37. The Morgan fingerprint density at radius 2 is 1.68 bits per heavy atom. The molecule has 1 aliphatic carbocycles. The average Bonchev–Trinajstić information content (AvgIpc) is 3.11. The zero-order chi connectivity index (χ0) is 17.8. The van der Waals surface area contributed by atoms with E-state index in [1.54, 1.807) is 4.90 Å². The number of aromatic carboxylic acids is 1. The van der Waals surface area contributed by atoms with Crippen molar-refractivity contribution in [1.82, 2.24) is 24.8 Å². The number of carbonyl (C=O) groups excluding carboxylic acids is 2. The van der Waals surface area contributed by atoms with Crippen molar-refractivity contribution >= 4 is 17.8 Å². The van der Waals surface area contributed by atoms with E-state index >= 15 is 0 Å². The van der Waals surface area contributed by atoms with Crippen molar-refractivity contribution in [2.24, 2.45) is 5.92 Å². The van der Waals surface area contributed by atoms with Crippen LogP contribution in [0, 0.1) is 5.92 Å². The molecule has 0 atom stereocenters. The SMILES string of the molecule is O=C(O)c1cn(CC(=O)N2CCN(C(=O)C3CCCCC3)CC2)nn1. The van der Waals surface area contributed by atoms with Gasteiger partial charge < -0.3 is 14.9 Å². The molecule has 0 radical (unpaired) electrons. The van der Waals surface area contributed by atoms with Gasteiger partial charge in [-0.2, -0.15) is 0 Å². The highest BCUT2D eigenvalue weighted by atomic mass is 16.4. The van der Waals surface area contributed by atoms with E-state index in [0.717, 1.165) is 25.7 Å². The zero-order valence-corrected chi connectivity index (χ0v) is 14.1. The third kappa shape index (κ3) is 4.15. The summed E-state index contributed by atoms with van der Waals surface area (Å²) >= 11 is 0. The van der Waals surface area contributed by atoms with Gasteiger partial charge in [-0.15, -0.1) is 5.10 Å². The van der Waals surface area contributed by atoms with Crippen molar-refractivity contribution in [3.8, 4) is 0 Å². The minimum absolute atomic E-state index is 0.0448. The molecule has 1 aromatic rings. The van der Waals surface area contributed by atoms with Gasteiger partial charge >= 0.3 is 5.97 Å². The van der Waals surface area contributed by atoms with E-state index in [1.807, 2.05) is 4.90 Å². The van der Waals surface area contributed by atoms with Gasteiger partial charge in [-0.05, 0) is 12.8 Å². The molecule has 1 aromatic heterocycles. The molecule has 1 aliphatic heterocycles. The molecule has 1 saturated carbocycles. The van der Waals surface area contributed by atoms with E-state index in [4.69, 9.17) is 5.11 Å². The highest BCUT2D eigenvalue weighted by Gasteiger charge is 2.29. The van der Waals surface area contributed by atoms with Crippen LogP contribution in [0.2, 0.25) is 0 Å². The number of carbonyl (C=O) groups is 3. The van der Waals surface area contributed by atoms with Crippen molar-refractivity contribution in [2.75, 3.05) is 26.2 Å². The maximum atomic E-state index is 12.5. The smallest absolute Gasteiger partial charge is 0.358 e. The van der Waals surface area contributed by atoms with E-state index in [1.165, 1.54) is 17.3 Å². The van der Waals surface area contributed by atoms with E-state index < -0.39 is 5.97 Å². The number of nitrogens with zero attached hydrogens (tertiary/aromatic N) is 5. The van der Waals surface area contributed by atoms with Gasteiger partial charge in [-0.3, -0.25) is 9.59 Å². The Labute approximate surface area is 145 Å². The Kier molecular flexibility index (Phi) is 5.30. The van der Waals surface area contributed by atoms with Crippen molar-refractivity contribution in [3.63, 3.8) is 0 Å². The summed E-state index contributed by atoms with van der Waals surface area (Å²) in [5, 5.41) is 16.0. The summed E-state index contributed by atoms with van der Waals surface area (Å²) < 4.78 is 1.23. The predicted octanol–water partition coefficient (Wildman–Crippen LogP) is 0.227. The number of rotatable bonds is 4. The molecule has 0 bridgehead atoms. The van der Waals surface area contributed by atoms with Gasteiger partial charge in [-0.1, -0.05) is 24.5 Å². The summed E-state index contributed by atoms with van der Waals surface area (Å²) in [6.45, 7) is 2.06. The molecule has 3 rings (SSSR count). The van der Waals surface area contributed by atoms with Crippen LogP contribution in [0.15, 0.2) is 6.20 Å². The molecule has 2 heterocycles. The summed E-state index contributed by atoms with van der Waals surface area (Å²) in [6, 6.07) is 0. The molecule has 2 amide bonds. The lowest BCUT2D eigenvalue weighted by atomic mass is 9.88. The topological polar surface area (TPSA) is 109 Å². The lowest BCUT2D eigenvalue weighted by Crippen LogP contribution is -2.52. The third-order valence-corrected chi connectivity index (χ3v) is 4.95. The standard InChI is InChI=1S/C16H23N5O4/c22-14(11-21-10-13(16(24)25)17-18-21)19-6-8-20(9-7-19)15(23)12-4-2-1-3-5-12/h10,12H,1-9,11H2,(H,24,25). The van der Waals surface area contributed by atoms with Crippen LogP contribution in [0.5, 0.6) is 0 Å². The van der Waals surface area contributed by atoms with E-state index in [-0.39, 0.29) is 30.0 Å². The number of amides is 2. The van der Waals surface area contributed by atoms with E-state index in [9.17, 15) is 14.4 Å². The Balaban J connectivity index is 1.48. The van der Waals surface area contributed by atoms with Crippen LogP contribution in [0.25, 0.3) is 0 Å². The molecule has 25 heavy (non-hydrogen) atoms. The average molecular weight is 349 g/mol. The maximum absolute atomic E-state index is 12.5. The van der Waals surface area contributed by atoms with Crippen molar-refractivity contribution in [2.45, 2.75) is 38.6 Å². The van der Waals surface area contributed by atoms with Gasteiger partial charge in [0.25, 0.3) is 0 Å². The zero-order valence-electron chi connectivity index (χ0n) is 14.1. The van der Waals surface area contributed by atoms with Gasteiger partial charge in [0.2, 0.25) is 11.8 Å². The number of hydrogen-bond acceptors (Lipinski definition) is 5.